The van der Waals surface area contributed by atoms with E-state index in [4.69, 9.17) is 26.2 Å². The van der Waals surface area contributed by atoms with Crippen LogP contribution in [-0.2, 0) is 4.74 Å². The first-order chi connectivity index (χ1) is 7.77. The van der Waals surface area contributed by atoms with Crippen LogP contribution in [0.3, 0.4) is 0 Å². The number of halogens is 1. The number of ether oxygens (including phenoxy) is 2. The number of hydrogen-bond acceptors (Lipinski definition) is 4. The first-order valence-corrected chi connectivity index (χ1v) is 5.41. The van der Waals surface area contributed by atoms with E-state index in [1.165, 1.54) is 0 Å². The lowest BCUT2D eigenvalue weighted by atomic mass is 10.3. The van der Waals surface area contributed by atoms with Crippen LogP contribution < -0.4 is 10.1 Å². The third-order valence-electron chi connectivity index (χ3n) is 1.96. The molecule has 5 heteroatoms. The van der Waals surface area contributed by atoms with E-state index >= 15 is 0 Å². The fourth-order valence-corrected chi connectivity index (χ4v) is 1.41. The van der Waals surface area contributed by atoms with E-state index in [0.29, 0.717) is 24.8 Å². The average molecular weight is 246 g/mol. The molecule has 2 N–H and O–H groups in total. The maximum absolute atomic E-state index is 8.52. The van der Waals surface area contributed by atoms with E-state index in [1.54, 1.807) is 25.3 Å². The summed E-state index contributed by atoms with van der Waals surface area (Å²) >= 11 is 5.88. The normalized spacial score (nSPS) is 10.2. The SMILES string of the molecule is COc1ccc(Cl)cc1NCCOCCO. The van der Waals surface area contributed by atoms with Crippen LogP contribution in [0.25, 0.3) is 0 Å². The van der Waals surface area contributed by atoms with E-state index < -0.39 is 0 Å². The maximum Gasteiger partial charge on any atom is 0.142 e. The zero-order valence-corrected chi connectivity index (χ0v) is 9.96. The van der Waals surface area contributed by atoms with Crippen molar-refractivity contribution in [2.45, 2.75) is 0 Å². The molecule has 0 heterocycles. The van der Waals surface area contributed by atoms with Crippen LogP contribution in [0, 0.1) is 0 Å². The lowest BCUT2D eigenvalue weighted by Gasteiger charge is -2.11. The molecule has 1 rings (SSSR count). The van der Waals surface area contributed by atoms with Gasteiger partial charge in [0.2, 0.25) is 0 Å². The molecule has 90 valence electrons. The predicted octanol–water partition coefficient (Wildman–Crippen LogP) is 1.77. The van der Waals surface area contributed by atoms with Crippen LogP contribution in [0.2, 0.25) is 5.02 Å². The topological polar surface area (TPSA) is 50.7 Å². The highest BCUT2D eigenvalue weighted by molar-refractivity contribution is 6.30. The van der Waals surface area contributed by atoms with Gasteiger partial charge in [0.1, 0.15) is 5.75 Å². The second-order valence-corrected chi connectivity index (χ2v) is 3.54. The highest BCUT2D eigenvalue weighted by Crippen LogP contribution is 2.27. The molecule has 0 atom stereocenters. The van der Waals surface area contributed by atoms with E-state index in [2.05, 4.69) is 5.32 Å². The van der Waals surface area contributed by atoms with Gasteiger partial charge in [-0.1, -0.05) is 11.6 Å². The first kappa shape index (κ1) is 13.1. The van der Waals surface area contributed by atoms with Gasteiger partial charge in [-0.3, -0.25) is 0 Å². The second-order valence-electron chi connectivity index (χ2n) is 3.11. The van der Waals surface area contributed by atoms with Crippen LogP contribution in [0.1, 0.15) is 0 Å². The van der Waals surface area contributed by atoms with Crippen molar-refractivity contribution < 1.29 is 14.6 Å². The summed E-state index contributed by atoms with van der Waals surface area (Å²) in [4.78, 5) is 0. The summed E-state index contributed by atoms with van der Waals surface area (Å²) < 4.78 is 10.3. The molecule has 0 amide bonds. The Balaban J connectivity index is 2.42. The van der Waals surface area contributed by atoms with Crippen molar-refractivity contribution in [3.63, 3.8) is 0 Å². The highest BCUT2D eigenvalue weighted by atomic mass is 35.5. The number of anilines is 1. The minimum absolute atomic E-state index is 0.0421. The van der Waals surface area contributed by atoms with Crippen molar-refractivity contribution in [1.82, 2.24) is 0 Å². The number of methoxy groups -OCH3 is 1. The smallest absolute Gasteiger partial charge is 0.142 e. The molecule has 0 bridgehead atoms. The van der Waals surface area contributed by atoms with Crippen molar-refractivity contribution >= 4 is 17.3 Å². The second kappa shape index (κ2) is 7.33. The van der Waals surface area contributed by atoms with Gasteiger partial charge in [-0.15, -0.1) is 0 Å². The Morgan fingerprint density at radius 3 is 2.88 bits per heavy atom. The molecule has 0 aliphatic rings. The van der Waals surface area contributed by atoms with Crippen molar-refractivity contribution in [1.29, 1.82) is 0 Å². The van der Waals surface area contributed by atoms with Gasteiger partial charge >= 0.3 is 0 Å². The van der Waals surface area contributed by atoms with E-state index in [1.807, 2.05) is 0 Å². The summed E-state index contributed by atoms with van der Waals surface area (Å²) in [6.45, 7) is 1.56. The Morgan fingerprint density at radius 1 is 1.38 bits per heavy atom. The Labute approximate surface area is 100 Å². The standard InChI is InChI=1S/C11H16ClNO3/c1-15-11-3-2-9(12)8-10(11)13-4-6-16-7-5-14/h2-3,8,13-14H,4-7H2,1H3. The number of aliphatic hydroxyl groups is 1. The van der Waals surface area contributed by atoms with Crippen LogP contribution >= 0.6 is 11.6 Å². The molecular weight excluding hydrogens is 230 g/mol. The molecule has 16 heavy (non-hydrogen) atoms. The lowest BCUT2D eigenvalue weighted by Crippen LogP contribution is -2.11. The molecule has 0 fully saturated rings. The van der Waals surface area contributed by atoms with Crippen molar-refractivity contribution in [3.8, 4) is 5.75 Å². The van der Waals surface area contributed by atoms with Crippen molar-refractivity contribution in [2.24, 2.45) is 0 Å². The molecule has 0 aliphatic carbocycles. The van der Waals surface area contributed by atoms with Gasteiger partial charge < -0.3 is 19.9 Å². The Hall–Kier alpha value is -0.970. The number of nitrogens with one attached hydrogen (secondary N) is 1. The molecule has 1 aromatic rings. The third kappa shape index (κ3) is 4.26. The minimum Gasteiger partial charge on any atom is -0.495 e. The Bertz CT molecular complexity index is 320. The van der Waals surface area contributed by atoms with Gasteiger partial charge in [0, 0.05) is 11.6 Å². The quantitative estimate of drug-likeness (QED) is 0.719. The minimum atomic E-state index is 0.0421. The van der Waals surface area contributed by atoms with Crippen molar-refractivity contribution in [2.75, 3.05) is 38.8 Å². The van der Waals surface area contributed by atoms with Crippen LogP contribution in [-0.4, -0.2) is 38.6 Å². The Kier molecular flexibility index (Phi) is 6.00. The zero-order valence-electron chi connectivity index (χ0n) is 9.20. The van der Waals surface area contributed by atoms with E-state index in [9.17, 15) is 0 Å². The number of aliphatic hydroxyl groups excluding tert-OH is 1. The molecule has 0 aromatic heterocycles. The molecule has 0 saturated heterocycles. The Morgan fingerprint density at radius 2 is 2.19 bits per heavy atom. The predicted molar refractivity (Wildman–Crippen MR) is 64.4 cm³/mol. The van der Waals surface area contributed by atoms with Crippen LogP contribution in [0.4, 0.5) is 5.69 Å². The summed E-state index contributed by atoms with van der Waals surface area (Å²) in [7, 11) is 1.61. The van der Waals surface area contributed by atoms with Gasteiger partial charge in [-0.25, -0.2) is 0 Å². The van der Waals surface area contributed by atoms with E-state index in [-0.39, 0.29) is 6.61 Å². The molecule has 0 saturated carbocycles. The number of benzene rings is 1. The van der Waals surface area contributed by atoms with Crippen molar-refractivity contribution in [3.05, 3.63) is 23.2 Å². The molecule has 0 spiro atoms. The van der Waals surface area contributed by atoms with Gasteiger partial charge in [0.05, 0.1) is 32.6 Å². The number of rotatable bonds is 7. The van der Waals surface area contributed by atoms with Gasteiger partial charge in [0.25, 0.3) is 0 Å². The summed E-state index contributed by atoms with van der Waals surface area (Å²) in [5.41, 5.74) is 0.836. The molecule has 4 nitrogen and oxygen atoms in total. The van der Waals surface area contributed by atoms with Crippen LogP contribution in [0.15, 0.2) is 18.2 Å². The fraction of sp³-hybridized carbons (Fsp3) is 0.455. The summed E-state index contributed by atoms with van der Waals surface area (Å²) in [5.74, 6) is 0.742. The van der Waals surface area contributed by atoms with Gasteiger partial charge in [0.15, 0.2) is 0 Å². The molecule has 0 unspecified atom stereocenters. The number of hydrogen-bond donors (Lipinski definition) is 2. The molecule has 0 radical (unpaired) electrons. The first-order valence-electron chi connectivity index (χ1n) is 5.04. The fourth-order valence-electron chi connectivity index (χ4n) is 1.24. The molecule has 0 aliphatic heterocycles. The monoisotopic (exact) mass is 245 g/mol. The molecule has 1 aromatic carbocycles. The van der Waals surface area contributed by atoms with Crippen LogP contribution in [0.5, 0.6) is 5.75 Å². The van der Waals surface area contributed by atoms with Gasteiger partial charge in [-0.05, 0) is 18.2 Å². The summed E-state index contributed by atoms with van der Waals surface area (Å²) in [6, 6.07) is 5.37. The average Bonchev–Trinajstić information content (AvgIpc) is 2.29. The lowest BCUT2D eigenvalue weighted by molar-refractivity contribution is 0.0992. The third-order valence-corrected chi connectivity index (χ3v) is 2.19. The zero-order chi connectivity index (χ0) is 11.8. The highest BCUT2D eigenvalue weighted by Gasteiger charge is 2.02. The summed E-state index contributed by atoms with van der Waals surface area (Å²) in [5, 5.41) is 12.3. The van der Waals surface area contributed by atoms with E-state index in [0.717, 1.165) is 11.4 Å². The van der Waals surface area contributed by atoms with Gasteiger partial charge in [-0.2, -0.15) is 0 Å². The summed E-state index contributed by atoms with van der Waals surface area (Å²) in [6.07, 6.45) is 0. The molecular formula is C11H16ClNO3. The maximum atomic E-state index is 8.52. The largest absolute Gasteiger partial charge is 0.495 e.